The molecule has 1 saturated heterocycles. The average molecular weight is 366 g/mol. The minimum absolute atomic E-state index is 0.0254. The lowest BCUT2D eigenvalue weighted by atomic mass is 10.0. The fourth-order valence-corrected chi connectivity index (χ4v) is 3.17. The van der Waals surface area contributed by atoms with E-state index < -0.39 is 0 Å². The monoisotopic (exact) mass is 364 g/mol. The fourth-order valence-electron chi connectivity index (χ4n) is 2.74. The Hall–Kier alpha value is -1.39. The second kappa shape index (κ2) is 6.16. The predicted molar refractivity (Wildman–Crippen MR) is 86.4 cm³/mol. The van der Waals surface area contributed by atoms with E-state index in [2.05, 4.69) is 20.9 Å². The summed E-state index contributed by atoms with van der Waals surface area (Å²) in [7, 11) is 0. The molecule has 0 saturated carbocycles. The number of likely N-dealkylation sites (tertiary alicyclic amines) is 1. The maximum absolute atomic E-state index is 12.7. The number of nitrogens with zero attached hydrogens (tertiary/aromatic N) is 2. The van der Waals surface area contributed by atoms with Crippen LogP contribution in [0.5, 0.6) is 0 Å². The van der Waals surface area contributed by atoms with E-state index in [0.29, 0.717) is 10.6 Å². The Kier molecular flexibility index (Phi) is 4.27. The predicted octanol–water partition coefficient (Wildman–Crippen LogP) is 4.47. The molecule has 1 unspecified atom stereocenters. The maximum atomic E-state index is 12.7. The summed E-state index contributed by atoms with van der Waals surface area (Å²) in [5.41, 5.74) is 1.71. The number of rotatable bonds is 2. The van der Waals surface area contributed by atoms with Crippen molar-refractivity contribution in [2.45, 2.75) is 18.9 Å². The van der Waals surface area contributed by atoms with Crippen LogP contribution in [0.4, 0.5) is 0 Å². The SMILES string of the molecule is O=C(c1ccc(Br)nc1)N1CCCC1c1cccc(Cl)c1. The Balaban J connectivity index is 1.87. The van der Waals surface area contributed by atoms with Gasteiger partial charge in [-0.15, -0.1) is 0 Å². The summed E-state index contributed by atoms with van der Waals surface area (Å²) in [6.45, 7) is 0.770. The number of aromatic nitrogens is 1. The first-order valence-corrected chi connectivity index (χ1v) is 8.00. The van der Waals surface area contributed by atoms with Gasteiger partial charge in [0, 0.05) is 17.8 Å². The van der Waals surface area contributed by atoms with Crippen LogP contribution in [0.15, 0.2) is 47.2 Å². The van der Waals surface area contributed by atoms with Gasteiger partial charge < -0.3 is 4.90 Å². The molecule has 5 heteroatoms. The molecule has 0 N–H and O–H groups in total. The number of carbonyl (C=O) groups excluding carboxylic acids is 1. The third kappa shape index (κ3) is 3.11. The van der Waals surface area contributed by atoms with Gasteiger partial charge in [-0.2, -0.15) is 0 Å². The molecule has 1 aliphatic rings. The van der Waals surface area contributed by atoms with Gasteiger partial charge in [0.05, 0.1) is 11.6 Å². The fraction of sp³-hybridized carbons (Fsp3) is 0.250. The minimum atomic E-state index is 0.0254. The van der Waals surface area contributed by atoms with Gasteiger partial charge in [0.1, 0.15) is 4.60 Å². The Bertz CT molecular complexity index is 660. The van der Waals surface area contributed by atoms with Crippen LogP contribution in [0.3, 0.4) is 0 Å². The van der Waals surface area contributed by atoms with Gasteiger partial charge in [-0.3, -0.25) is 4.79 Å². The third-order valence-corrected chi connectivity index (χ3v) is 4.43. The van der Waals surface area contributed by atoms with Gasteiger partial charge in [0.2, 0.25) is 0 Å². The molecular weight excluding hydrogens is 352 g/mol. The Labute approximate surface area is 137 Å². The zero-order valence-corrected chi connectivity index (χ0v) is 13.6. The number of benzene rings is 1. The zero-order chi connectivity index (χ0) is 14.8. The molecule has 1 amide bonds. The Morgan fingerprint density at radius 3 is 2.90 bits per heavy atom. The number of halogens is 2. The summed E-state index contributed by atoms with van der Waals surface area (Å²) >= 11 is 9.35. The van der Waals surface area contributed by atoms with Crippen molar-refractivity contribution in [3.63, 3.8) is 0 Å². The lowest BCUT2D eigenvalue weighted by Crippen LogP contribution is -2.30. The average Bonchev–Trinajstić information content (AvgIpc) is 2.97. The summed E-state index contributed by atoms with van der Waals surface area (Å²) in [5.74, 6) is 0.0254. The van der Waals surface area contributed by atoms with Crippen LogP contribution in [0.2, 0.25) is 5.02 Å². The van der Waals surface area contributed by atoms with Crippen molar-refractivity contribution in [3.8, 4) is 0 Å². The first-order chi connectivity index (χ1) is 10.1. The molecule has 0 radical (unpaired) electrons. The molecule has 3 rings (SSSR count). The largest absolute Gasteiger partial charge is 0.332 e. The van der Waals surface area contributed by atoms with Crippen molar-refractivity contribution in [3.05, 3.63) is 63.3 Å². The molecule has 1 fully saturated rings. The van der Waals surface area contributed by atoms with E-state index in [-0.39, 0.29) is 11.9 Å². The zero-order valence-electron chi connectivity index (χ0n) is 11.3. The van der Waals surface area contributed by atoms with E-state index >= 15 is 0 Å². The molecule has 1 aromatic carbocycles. The number of pyridine rings is 1. The van der Waals surface area contributed by atoms with E-state index in [4.69, 9.17) is 11.6 Å². The van der Waals surface area contributed by atoms with Crippen molar-refractivity contribution in [1.82, 2.24) is 9.88 Å². The van der Waals surface area contributed by atoms with E-state index in [9.17, 15) is 4.79 Å². The van der Waals surface area contributed by atoms with Crippen molar-refractivity contribution in [2.75, 3.05) is 6.54 Å². The molecule has 2 aromatic rings. The summed E-state index contributed by atoms with van der Waals surface area (Å²) < 4.78 is 0.729. The van der Waals surface area contributed by atoms with Crippen LogP contribution in [0, 0.1) is 0 Å². The Morgan fingerprint density at radius 2 is 2.19 bits per heavy atom. The van der Waals surface area contributed by atoms with E-state index in [0.717, 1.165) is 29.6 Å². The van der Waals surface area contributed by atoms with Crippen molar-refractivity contribution >= 4 is 33.4 Å². The molecule has 3 nitrogen and oxygen atoms in total. The number of amides is 1. The van der Waals surface area contributed by atoms with Gasteiger partial charge in [-0.1, -0.05) is 23.7 Å². The molecule has 0 bridgehead atoms. The summed E-state index contributed by atoms with van der Waals surface area (Å²) in [6, 6.07) is 11.4. The normalized spacial score (nSPS) is 18.0. The van der Waals surface area contributed by atoms with Crippen molar-refractivity contribution in [2.24, 2.45) is 0 Å². The van der Waals surface area contributed by atoms with Crippen LogP contribution in [-0.4, -0.2) is 22.3 Å². The number of carbonyl (C=O) groups is 1. The second-order valence-electron chi connectivity index (χ2n) is 5.08. The standard InChI is InChI=1S/C16H14BrClN2O/c17-15-7-6-12(10-19-15)16(21)20-8-2-5-14(20)11-3-1-4-13(18)9-11/h1,3-4,6-7,9-10,14H,2,5,8H2. The smallest absolute Gasteiger partial charge is 0.255 e. The van der Waals surface area contributed by atoms with E-state index in [1.165, 1.54) is 0 Å². The molecule has 1 aliphatic heterocycles. The highest BCUT2D eigenvalue weighted by Gasteiger charge is 2.30. The van der Waals surface area contributed by atoms with Gasteiger partial charge in [-0.25, -0.2) is 4.98 Å². The molecule has 0 aliphatic carbocycles. The van der Waals surface area contributed by atoms with Crippen LogP contribution in [0.25, 0.3) is 0 Å². The maximum Gasteiger partial charge on any atom is 0.255 e. The van der Waals surface area contributed by atoms with Crippen LogP contribution in [-0.2, 0) is 0 Å². The number of hydrogen-bond donors (Lipinski definition) is 0. The van der Waals surface area contributed by atoms with Gasteiger partial charge in [-0.05, 0) is 58.6 Å². The lowest BCUT2D eigenvalue weighted by molar-refractivity contribution is 0.0735. The number of hydrogen-bond acceptors (Lipinski definition) is 2. The molecule has 1 aromatic heterocycles. The van der Waals surface area contributed by atoms with Crippen LogP contribution >= 0.6 is 27.5 Å². The highest BCUT2D eigenvalue weighted by molar-refractivity contribution is 9.10. The van der Waals surface area contributed by atoms with Crippen LogP contribution in [0.1, 0.15) is 34.8 Å². The molecular formula is C16H14BrClN2O. The third-order valence-electron chi connectivity index (χ3n) is 3.72. The summed E-state index contributed by atoms with van der Waals surface area (Å²) in [5, 5.41) is 0.706. The van der Waals surface area contributed by atoms with E-state index in [1.54, 1.807) is 18.3 Å². The Morgan fingerprint density at radius 1 is 1.33 bits per heavy atom. The van der Waals surface area contributed by atoms with Gasteiger partial charge >= 0.3 is 0 Å². The van der Waals surface area contributed by atoms with Gasteiger partial charge in [0.15, 0.2) is 0 Å². The minimum Gasteiger partial charge on any atom is -0.332 e. The molecule has 0 spiro atoms. The van der Waals surface area contributed by atoms with E-state index in [1.807, 2.05) is 29.2 Å². The topological polar surface area (TPSA) is 33.2 Å². The van der Waals surface area contributed by atoms with Crippen LogP contribution < -0.4 is 0 Å². The second-order valence-corrected chi connectivity index (χ2v) is 6.33. The first-order valence-electron chi connectivity index (χ1n) is 6.83. The molecule has 108 valence electrons. The highest BCUT2D eigenvalue weighted by atomic mass is 79.9. The van der Waals surface area contributed by atoms with Crippen molar-refractivity contribution in [1.29, 1.82) is 0 Å². The quantitative estimate of drug-likeness (QED) is 0.735. The van der Waals surface area contributed by atoms with Crippen molar-refractivity contribution < 1.29 is 4.79 Å². The van der Waals surface area contributed by atoms with Gasteiger partial charge in [0.25, 0.3) is 5.91 Å². The summed E-state index contributed by atoms with van der Waals surface area (Å²) in [4.78, 5) is 18.7. The first kappa shape index (κ1) is 14.5. The molecule has 21 heavy (non-hydrogen) atoms. The molecule has 1 atom stereocenters. The summed E-state index contributed by atoms with van der Waals surface area (Å²) in [6.07, 6.45) is 3.59. The highest BCUT2D eigenvalue weighted by Crippen LogP contribution is 2.34. The molecule has 2 heterocycles. The lowest BCUT2D eigenvalue weighted by Gasteiger charge is -2.25.